The maximum absolute atomic E-state index is 12.8. The van der Waals surface area contributed by atoms with Gasteiger partial charge in [-0.05, 0) is 25.1 Å². The highest BCUT2D eigenvalue weighted by Crippen LogP contribution is 2.32. The van der Waals surface area contributed by atoms with Crippen molar-refractivity contribution >= 4 is 39.5 Å². The molecule has 0 aliphatic heterocycles. The number of halogens is 2. The van der Waals surface area contributed by atoms with E-state index in [2.05, 4.69) is 15.3 Å². The van der Waals surface area contributed by atoms with E-state index < -0.39 is 0 Å². The van der Waals surface area contributed by atoms with Crippen molar-refractivity contribution in [2.24, 2.45) is 0 Å². The first-order chi connectivity index (χ1) is 12.0. The number of aromatic nitrogens is 4. The third-order valence-corrected chi connectivity index (χ3v) is 5.17. The Morgan fingerprint density at radius 1 is 1.04 bits per heavy atom. The summed E-state index contributed by atoms with van der Waals surface area (Å²) in [7, 11) is 0. The minimum absolute atomic E-state index is 0.256. The Morgan fingerprint density at radius 2 is 1.80 bits per heavy atom. The number of rotatable bonds is 2. The average Bonchev–Trinajstić information content (AvgIpc) is 3.03. The number of hydrogen-bond donors (Lipinski definition) is 0. The van der Waals surface area contributed by atoms with Crippen molar-refractivity contribution in [3.63, 3.8) is 0 Å². The molecular formula is C17H10Cl2N4OS. The van der Waals surface area contributed by atoms with E-state index in [9.17, 15) is 4.79 Å². The van der Waals surface area contributed by atoms with Crippen LogP contribution in [0.25, 0.3) is 26.8 Å². The van der Waals surface area contributed by atoms with Gasteiger partial charge in [-0.2, -0.15) is 9.61 Å². The van der Waals surface area contributed by atoms with Crippen molar-refractivity contribution < 1.29 is 0 Å². The molecule has 124 valence electrons. The molecule has 8 heteroatoms. The van der Waals surface area contributed by atoms with E-state index >= 15 is 0 Å². The van der Waals surface area contributed by atoms with Gasteiger partial charge < -0.3 is 0 Å². The van der Waals surface area contributed by atoms with Gasteiger partial charge in [-0.1, -0.05) is 64.4 Å². The maximum Gasteiger partial charge on any atom is 0.302 e. The zero-order valence-electron chi connectivity index (χ0n) is 12.9. The number of benzene rings is 2. The molecule has 0 N–H and O–H groups in total. The number of aryl methyl sites for hydroxylation is 1. The fourth-order valence-electron chi connectivity index (χ4n) is 2.38. The molecule has 0 saturated heterocycles. The lowest BCUT2D eigenvalue weighted by Gasteiger charge is -2.00. The Labute approximate surface area is 156 Å². The van der Waals surface area contributed by atoms with E-state index in [1.807, 2.05) is 31.2 Å². The predicted octanol–water partition coefficient (Wildman–Crippen LogP) is 4.50. The summed E-state index contributed by atoms with van der Waals surface area (Å²) >= 11 is 13.5. The van der Waals surface area contributed by atoms with Crippen molar-refractivity contribution in [1.29, 1.82) is 0 Å². The molecule has 0 saturated carbocycles. The molecule has 0 spiro atoms. The van der Waals surface area contributed by atoms with E-state index in [1.54, 1.807) is 18.2 Å². The molecule has 0 radical (unpaired) electrons. The Hall–Kier alpha value is -2.28. The van der Waals surface area contributed by atoms with Crippen LogP contribution in [0.4, 0.5) is 0 Å². The molecule has 0 bridgehead atoms. The molecule has 0 fully saturated rings. The summed E-state index contributed by atoms with van der Waals surface area (Å²) in [5, 5.41) is 14.2. The van der Waals surface area contributed by atoms with Crippen LogP contribution in [0.1, 0.15) is 5.56 Å². The van der Waals surface area contributed by atoms with Crippen LogP contribution < -0.4 is 5.56 Å². The average molecular weight is 389 g/mol. The number of fused-ring (bicyclic) bond motifs is 1. The summed E-state index contributed by atoms with van der Waals surface area (Å²) in [6.07, 6.45) is 0. The molecule has 0 amide bonds. The molecule has 2 heterocycles. The molecule has 2 aromatic carbocycles. The van der Waals surface area contributed by atoms with Gasteiger partial charge in [0.15, 0.2) is 5.69 Å². The van der Waals surface area contributed by atoms with Gasteiger partial charge >= 0.3 is 5.56 Å². The maximum atomic E-state index is 12.8. The molecular weight excluding hydrogens is 379 g/mol. The summed E-state index contributed by atoms with van der Waals surface area (Å²) in [6, 6.07) is 12.6. The lowest BCUT2D eigenvalue weighted by Crippen LogP contribution is -2.19. The molecule has 5 nitrogen and oxygen atoms in total. The van der Waals surface area contributed by atoms with Crippen LogP contribution in [0.15, 0.2) is 47.3 Å². The first-order valence-corrected chi connectivity index (χ1v) is 8.89. The highest BCUT2D eigenvalue weighted by atomic mass is 35.5. The Bertz CT molecular complexity index is 1150. The quantitative estimate of drug-likeness (QED) is 0.507. The molecule has 0 unspecified atom stereocenters. The van der Waals surface area contributed by atoms with Crippen LogP contribution in [0.3, 0.4) is 0 Å². The first kappa shape index (κ1) is 16.2. The minimum Gasteiger partial charge on any atom is -0.265 e. The fourth-order valence-corrected chi connectivity index (χ4v) is 3.68. The van der Waals surface area contributed by atoms with Crippen LogP contribution in [0.2, 0.25) is 10.0 Å². The molecule has 0 aliphatic rings. The molecule has 4 aromatic rings. The van der Waals surface area contributed by atoms with E-state index in [0.717, 1.165) is 5.56 Å². The predicted molar refractivity (Wildman–Crippen MR) is 101 cm³/mol. The standard InChI is InChI=1S/C17H10Cl2N4OS/c1-9-2-4-10(5-3-9)14-16(24)23-17(21-20-14)25-15(22-23)12-8-11(18)6-7-13(12)19/h2-8H,1H3. The zero-order chi connectivity index (χ0) is 17.6. The summed E-state index contributed by atoms with van der Waals surface area (Å²) in [5.41, 5.74) is 2.39. The summed E-state index contributed by atoms with van der Waals surface area (Å²) in [4.78, 5) is 13.2. The van der Waals surface area contributed by atoms with Crippen LogP contribution in [0, 0.1) is 6.92 Å². The van der Waals surface area contributed by atoms with E-state index in [1.165, 1.54) is 15.9 Å². The SMILES string of the molecule is Cc1ccc(-c2nnc3sc(-c4cc(Cl)ccc4Cl)nn3c2=O)cc1. The summed E-state index contributed by atoms with van der Waals surface area (Å²) in [6.45, 7) is 1.98. The van der Waals surface area contributed by atoms with Crippen molar-refractivity contribution in [3.05, 3.63) is 68.4 Å². The normalized spacial score (nSPS) is 11.2. The third-order valence-electron chi connectivity index (χ3n) is 3.67. The van der Waals surface area contributed by atoms with E-state index in [-0.39, 0.29) is 11.3 Å². The molecule has 25 heavy (non-hydrogen) atoms. The minimum atomic E-state index is -0.325. The molecule has 0 atom stereocenters. The van der Waals surface area contributed by atoms with Crippen molar-refractivity contribution in [2.75, 3.05) is 0 Å². The Morgan fingerprint density at radius 3 is 2.56 bits per heavy atom. The monoisotopic (exact) mass is 388 g/mol. The van der Waals surface area contributed by atoms with Gasteiger partial charge in [-0.25, -0.2) is 0 Å². The van der Waals surface area contributed by atoms with Crippen molar-refractivity contribution in [1.82, 2.24) is 19.8 Å². The molecule has 0 aliphatic carbocycles. The van der Waals surface area contributed by atoms with Crippen molar-refractivity contribution in [3.8, 4) is 21.8 Å². The smallest absolute Gasteiger partial charge is 0.265 e. The van der Waals surface area contributed by atoms with Gasteiger partial charge in [0, 0.05) is 16.1 Å². The summed E-state index contributed by atoms with van der Waals surface area (Å²) in [5.74, 6) is 0. The second-order valence-corrected chi connectivity index (χ2v) is 7.25. The van der Waals surface area contributed by atoms with Gasteiger partial charge in [0.2, 0.25) is 4.96 Å². The van der Waals surface area contributed by atoms with Crippen LogP contribution >= 0.6 is 34.5 Å². The lowest BCUT2D eigenvalue weighted by molar-refractivity contribution is 0.862. The Kier molecular flexibility index (Phi) is 4.03. The van der Waals surface area contributed by atoms with E-state index in [4.69, 9.17) is 23.2 Å². The second kappa shape index (κ2) is 6.22. The fraction of sp³-hybridized carbons (Fsp3) is 0.0588. The van der Waals surface area contributed by atoms with Crippen molar-refractivity contribution in [2.45, 2.75) is 6.92 Å². The molecule has 2 aromatic heterocycles. The highest BCUT2D eigenvalue weighted by molar-refractivity contribution is 7.19. The van der Waals surface area contributed by atoms with Gasteiger partial charge in [-0.15, -0.1) is 10.2 Å². The van der Waals surface area contributed by atoms with Gasteiger partial charge in [0.05, 0.1) is 5.02 Å². The van der Waals surface area contributed by atoms with Gasteiger partial charge in [0.25, 0.3) is 0 Å². The number of nitrogens with zero attached hydrogens (tertiary/aromatic N) is 4. The van der Waals surface area contributed by atoms with Crippen LogP contribution in [-0.2, 0) is 0 Å². The second-order valence-electron chi connectivity index (χ2n) is 5.45. The zero-order valence-corrected chi connectivity index (χ0v) is 15.2. The topological polar surface area (TPSA) is 60.1 Å². The summed E-state index contributed by atoms with van der Waals surface area (Å²) < 4.78 is 1.25. The van der Waals surface area contributed by atoms with Gasteiger partial charge in [-0.3, -0.25) is 4.79 Å². The van der Waals surface area contributed by atoms with Crippen LogP contribution in [-0.4, -0.2) is 19.8 Å². The first-order valence-electron chi connectivity index (χ1n) is 7.32. The lowest BCUT2D eigenvalue weighted by atomic mass is 10.1. The Balaban J connectivity index is 1.90. The van der Waals surface area contributed by atoms with Crippen LogP contribution in [0.5, 0.6) is 0 Å². The van der Waals surface area contributed by atoms with Gasteiger partial charge in [0.1, 0.15) is 5.01 Å². The molecule has 4 rings (SSSR count). The number of hydrogen-bond acceptors (Lipinski definition) is 5. The third kappa shape index (κ3) is 2.93. The largest absolute Gasteiger partial charge is 0.302 e. The van der Waals surface area contributed by atoms with E-state index in [0.29, 0.717) is 31.1 Å². The highest BCUT2D eigenvalue weighted by Gasteiger charge is 2.16.